The molecule has 1 unspecified atom stereocenters. The molecule has 0 amide bonds. The Morgan fingerprint density at radius 2 is 1.77 bits per heavy atom. The molecule has 0 spiro atoms. The molecule has 2 aromatic rings. The standard InChI is InChI=1S/C13H8IN5O2.ClH/c14-10-6-2-1-5-9(10)13-15-16-17-18(13)11-7-3-4-8-12(11)19(20)21;/h1-8H;1H. The molecule has 1 aliphatic heterocycles. The van der Waals surface area contributed by atoms with Crippen LogP contribution in [0.1, 0.15) is 5.56 Å². The summed E-state index contributed by atoms with van der Waals surface area (Å²) in [5.74, 6) is 0.550. The Bertz CT molecular complexity index is 781. The van der Waals surface area contributed by atoms with Gasteiger partial charge in [-0.25, -0.2) is 0 Å². The fourth-order valence-electron chi connectivity index (χ4n) is 2.06. The van der Waals surface area contributed by atoms with Crippen molar-refractivity contribution in [3.05, 3.63) is 67.8 Å². The summed E-state index contributed by atoms with van der Waals surface area (Å²) in [4.78, 5) is 10.7. The average molecular weight is 430 g/mol. The number of benzene rings is 2. The van der Waals surface area contributed by atoms with Crippen molar-refractivity contribution in [1.82, 2.24) is 0 Å². The van der Waals surface area contributed by atoms with E-state index in [1.807, 2.05) is 24.3 Å². The van der Waals surface area contributed by atoms with Crippen LogP contribution in [0, 0.1) is 13.7 Å². The Kier molecular flexibility index (Phi) is 5.16. The zero-order valence-electron chi connectivity index (χ0n) is 11.0. The van der Waals surface area contributed by atoms with E-state index in [9.17, 15) is 10.1 Å². The molecule has 0 fully saturated rings. The smallest absolute Gasteiger partial charge is 0.332 e. The van der Waals surface area contributed by atoms with Gasteiger partial charge in [0.15, 0.2) is 0 Å². The minimum Gasteiger partial charge on any atom is -1.00 e. The lowest BCUT2D eigenvalue weighted by molar-refractivity contribution is -0.741. The molecular weight excluding hydrogens is 421 g/mol. The summed E-state index contributed by atoms with van der Waals surface area (Å²) in [6, 6.07) is 14.1. The van der Waals surface area contributed by atoms with Crippen LogP contribution >= 0.6 is 22.6 Å². The maximum Gasteiger partial charge on any atom is 0.332 e. The predicted molar refractivity (Wildman–Crippen MR) is 84.3 cm³/mol. The first-order valence-corrected chi connectivity index (χ1v) is 7.11. The normalized spacial score (nSPS) is 16.0. The molecule has 9 heteroatoms. The lowest BCUT2D eigenvalue weighted by Gasteiger charge is -2.09. The summed E-state index contributed by atoms with van der Waals surface area (Å²) in [7, 11) is 0. The number of para-hydroxylation sites is 2. The topological polar surface area (TPSA) is 84.7 Å². The van der Waals surface area contributed by atoms with Crippen LogP contribution in [0.3, 0.4) is 0 Å². The van der Waals surface area contributed by atoms with Crippen LogP contribution in [0.15, 0.2) is 64.1 Å². The molecule has 7 nitrogen and oxygen atoms in total. The fraction of sp³-hybridized carbons (Fsp3) is 0. The fourth-order valence-corrected chi connectivity index (χ4v) is 2.70. The Balaban J connectivity index is 0.00000176. The number of nitrogens with zero attached hydrogens (tertiary/aromatic N) is 4. The lowest BCUT2D eigenvalue weighted by Crippen LogP contribution is -3.04. The number of nitro groups is 1. The molecule has 0 bridgehead atoms. The van der Waals surface area contributed by atoms with Crippen LogP contribution in [0.4, 0.5) is 11.4 Å². The van der Waals surface area contributed by atoms with Gasteiger partial charge < -0.3 is 12.4 Å². The number of hydrogen-bond donors (Lipinski definition) is 1. The molecule has 1 aliphatic rings. The van der Waals surface area contributed by atoms with Gasteiger partial charge in [0, 0.05) is 20.9 Å². The van der Waals surface area contributed by atoms with E-state index in [1.165, 1.54) is 6.07 Å². The van der Waals surface area contributed by atoms with Crippen LogP contribution in [0.25, 0.3) is 0 Å². The second-order valence-corrected chi connectivity index (χ2v) is 5.40. The molecule has 0 aliphatic carbocycles. The zero-order chi connectivity index (χ0) is 14.8. The first-order chi connectivity index (χ1) is 10.2. The molecule has 3 rings (SSSR count). The van der Waals surface area contributed by atoms with Crippen molar-refractivity contribution < 1.29 is 22.3 Å². The zero-order valence-corrected chi connectivity index (χ0v) is 13.9. The van der Waals surface area contributed by atoms with E-state index in [1.54, 1.807) is 18.2 Å². The molecule has 0 saturated carbocycles. The third kappa shape index (κ3) is 2.98. The molecular formula is C13H9ClIN5O2. The van der Waals surface area contributed by atoms with Gasteiger partial charge in [-0.05, 0) is 34.7 Å². The summed E-state index contributed by atoms with van der Waals surface area (Å²) in [5, 5.41) is 23.3. The Hall–Kier alpha value is -1.91. The monoisotopic (exact) mass is 429 g/mol. The summed E-state index contributed by atoms with van der Waals surface area (Å²) in [6.07, 6.45) is 0. The van der Waals surface area contributed by atoms with Crippen molar-refractivity contribution >= 4 is 39.8 Å². The van der Waals surface area contributed by atoms with Gasteiger partial charge in [0.1, 0.15) is 0 Å². The highest BCUT2D eigenvalue weighted by atomic mass is 127. The summed E-state index contributed by atoms with van der Waals surface area (Å²) in [6.45, 7) is 0. The minimum absolute atomic E-state index is 0. The largest absolute Gasteiger partial charge is 1.00 e. The first-order valence-electron chi connectivity index (χ1n) is 6.03. The highest BCUT2D eigenvalue weighted by Gasteiger charge is 2.34. The van der Waals surface area contributed by atoms with E-state index in [0.29, 0.717) is 16.5 Å². The molecule has 0 saturated heterocycles. The quantitative estimate of drug-likeness (QED) is 0.404. The van der Waals surface area contributed by atoms with Crippen molar-refractivity contribution in [2.75, 3.05) is 0 Å². The van der Waals surface area contributed by atoms with Crippen molar-refractivity contribution in [2.24, 2.45) is 15.5 Å². The van der Waals surface area contributed by atoms with E-state index < -0.39 is 4.92 Å². The van der Waals surface area contributed by atoms with Crippen LogP contribution in [-0.2, 0) is 0 Å². The number of amidine groups is 1. The van der Waals surface area contributed by atoms with Gasteiger partial charge >= 0.3 is 5.69 Å². The Morgan fingerprint density at radius 1 is 1.09 bits per heavy atom. The van der Waals surface area contributed by atoms with Gasteiger partial charge in [0.25, 0.3) is 5.84 Å². The number of nitro benzene ring substituents is 1. The lowest BCUT2D eigenvalue weighted by atomic mass is 10.2. The molecule has 2 aromatic carbocycles. The third-order valence-electron chi connectivity index (χ3n) is 3.00. The SMILES string of the molecule is O=[N+]([O-])c1ccccc1[NH+]1N=NN=C1c1ccccc1I.[Cl-]. The predicted octanol–water partition coefficient (Wildman–Crippen LogP) is -0.538. The van der Waals surface area contributed by atoms with Crippen molar-refractivity contribution in [3.63, 3.8) is 0 Å². The van der Waals surface area contributed by atoms with Crippen molar-refractivity contribution in [1.29, 1.82) is 0 Å². The number of hydrogen-bond acceptors (Lipinski definition) is 5. The van der Waals surface area contributed by atoms with Crippen LogP contribution in [0.5, 0.6) is 0 Å². The summed E-state index contributed by atoms with van der Waals surface area (Å²) in [5.41, 5.74) is 1.27. The van der Waals surface area contributed by atoms with Gasteiger partial charge in [0.2, 0.25) is 5.69 Å². The van der Waals surface area contributed by atoms with E-state index >= 15 is 0 Å². The molecule has 1 N–H and O–H groups in total. The van der Waals surface area contributed by atoms with Gasteiger partial charge in [-0.15, -0.1) is 5.01 Å². The first kappa shape index (κ1) is 16.5. The Labute approximate surface area is 145 Å². The third-order valence-corrected chi connectivity index (χ3v) is 3.94. The van der Waals surface area contributed by atoms with Crippen LogP contribution in [-0.4, -0.2) is 10.8 Å². The maximum atomic E-state index is 11.2. The van der Waals surface area contributed by atoms with E-state index in [0.717, 1.165) is 9.13 Å². The molecule has 112 valence electrons. The van der Waals surface area contributed by atoms with Crippen LogP contribution < -0.4 is 17.4 Å². The average Bonchev–Trinajstić information content (AvgIpc) is 2.96. The van der Waals surface area contributed by atoms with E-state index in [2.05, 4.69) is 38.1 Å². The minimum atomic E-state index is -0.427. The maximum absolute atomic E-state index is 11.2. The molecule has 0 aromatic heterocycles. The summed E-state index contributed by atoms with van der Waals surface area (Å²) >= 11 is 2.19. The molecule has 1 atom stereocenters. The van der Waals surface area contributed by atoms with Gasteiger partial charge in [-0.1, -0.05) is 29.4 Å². The van der Waals surface area contributed by atoms with Crippen LogP contribution in [0.2, 0.25) is 0 Å². The van der Waals surface area contributed by atoms with E-state index in [-0.39, 0.29) is 18.1 Å². The van der Waals surface area contributed by atoms with E-state index in [4.69, 9.17) is 0 Å². The summed E-state index contributed by atoms with van der Waals surface area (Å²) < 4.78 is 0.984. The van der Waals surface area contributed by atoms with Crippen molar-refractivity contribution in [2.45, 2.75) is 0 Å². The van der Waals surface area contributed by atoms with Gasteiger partial charge in [-0.3, -0.25) is 10.1 Å². The van der Waals surface area contributed by atoms with Gasteiger partial charge in [0.05, 0.1) is 15.7 Å². The highest BCUT2D eigenvalue weighted by molar-refractivity contribution is 14.1. The molecule has 22 heavy (non-hydrogen) atoms. The number of quaternary nitrogens is 1. The second kappa shape index (κ2) is 6.90. The van der Waals surface area contributed by atoms with Gasteiger partial charge in [-0.2, -0.15) is 0 Å². The van der Waals surface area contributed by atoms with Crippen molar-refractivity contribution in [3.8, 4) is 0 Å². The number of rotatable bonds is 3. The second-order valence-electron chi connectivity index (χ2n) is 4.24. The highest BCUT2D eigenvalue weighted by Crippen LogP contribution is 2.21. The Morgan fingerprint density at radius 3 is 2.50 bits per heavy atom. The number of halogens is 2. The molecule has 0 radical (unpaired) electrons. The molecule has 1 heterocycles. The number of nitrogens with one attached hydrogen (secondary N) is 1.